The standard InChI is InChI=1S/C16H21N5O/c17-14-15(18-9-12-5-2-1-3-6-12)20-11-21-16(14)19-10-13-7-4-8-22-13/h1-3,5-6,11,13H,4,7-10,17H2,(H2,18,19,20,21). The van der Waals surface area contributed by atoms with Crippen molar-refractivity contribution >= 4 is 17.3 Å². The lowest BCUT2D eigenvalue weighted by atomic mass is 10.2. The van der Waals surface area contributed by atoms with Gasteiger partial charge in [-0.05, 0) is 18.4 Å². The highest BCUT2D eigenvalue weighted by Crippen LogP contribution is 2.23. The van der Waals surface area contributed by atoms with Crippen molar-refractivity contribution in [3.63, 3.8) is 0 Å². The molecule has 0 radical (unpaired) electrons. The largest absolute Gasteiger partial charge is 0.393 e. The van der Waals surface area contributed by atoms with Gasteiger partial charge in [0.25, 0.3) is 0 Å². The molecule has 0 amide bonds. The molecule has 6 nitrogen and oxygen atoms in total. The quantitative estimate of drug-likeness (QED) is 0.758. The monoisotopic (exact) mass is 299 g/mol. The lowest BCUT2D eigenvalue weighted by Gasteiger charge is -2.14. The van der Waals surface area contributed by atoms with E-state index >= 15 is 0 Å². The Bertz CT molecular complexity index is 599. The van der Waals surface area contributed by atoms with E-state index < -0.39 is 0 Å². The molecule has 1 aliphatic heterocycles. The third-order valence-electron chi connectivity index (χ3n) is 3.71. The van der Waals surface area contributed by atoms with Crippen LogP contribution in [0.5, 0.6) is 0 Å². The van der Waals surface area contributed by atoms with Crippen LogP contribution in [-0.4, -0.2) is 29.2 Å². The molecule has 1 aromatic heterocycles. The van der Waals surface area contributed by atoms with E-state index in [1.54, 1.807) is 0 Å². The van der Waals surface area contributed by atoms with Crippen LogP contribution in [0.1, 0.15) is 18.4 Å². The van der Waals surface area contributed by atoms with Gasteiger partial charge in [-0.2, -0.15) is 0 Å². The molecule has 0 aliphatic carbocycles. The van der Waals surface area contributed by atoms with E-state index in [1.807, 2.05) is 18.2 Å². The SMILES string of the molecule is Nc1c(NCc2ccccc2)ncnc1NCC1CCCO1. The van der Waals surface area contributed by atoms with E-state index in [2.05, 4.69) is 32.7 Å². The predicted octanol–water partition coefficient (Wildman–Crippen LogP) is 2.26. The second kappa shape index (κ2) is 7.09. The Morgan fingerprint density at radius 2 is 1.91 bits per heavy atom. The zero-order chi connectivity index (χ0) is 15.2. The fourth-order valence-electron chi connectivity index (χ4n) is 2.47. The van der Waals surface area contributed by atoms with Crippen LogP contribution < -0.4 is 16.4 Å². The van der Waals surface area contributed by atoms with E-state index in [1.165, 1.54) is 11.9 Å². The van der Waals surface area contributed by atoms with Gasteiger partial charge in [0.2, 0.25) is 0 Å². The Hall–Kier alpha value is -2.34. The number of nitrogens with zero attached hydrogens (tertiary/aromatic N) is 2. The Kier molecular flexibility index (Phi) is 4.70. The number of nitrogens with two attached hydrogens (primary N) is 1. The number of hydrogen-bond acceptors (Lipinski definition) is 6. The average Bonchev–Trinajstić information content (AvgIpc) is 3.07. The van der Waals surface area contributed by atoms with Gasteiger partial charge < -0.3 is 21.1 Å². The molecule has 22 heavy (non-hydrogen) atoms. The molecule has 0 spiro atoms. The van der Waals surface area contributed by atoms with Crippen molar-refractivity contribution in [3.05, 3.63) is 42.2 Å². The van der Waals surface area contributed by atoms with Gasteiger partial charge in [-0.3, -0.25) is 0 Å². The van der Waals surface area contributed by atoms with Crippen LogP contribution in [0.2, 0.25) is 0 Å². The number of aromatic nitrogens is 2. The van der Waals surface area contributed by atoms with Crippen molar-refractivity contribution < 1.29 is 4.74 Å². The number of nitrogens with one attached hydrogen (secondary N) is 2. The molecule has 4 N–H and O–H groups in total. The van der Waals surface area contributed by atoms with Gasteiger partial charge in [-0.1, -0.05) is 30.3 Å². The molecule has 0 bridgehead atoms. The summed E-state index contributed by atoms with van der Waals surface area (Å²) in [6.45, 7) is 2.24. The minimum atomic E-state index is 0.245. The maximum atomic E-state index is 6.14. The number of benzene rings is 1. The summed E-state index contributed by atoms with van der Waals surface area (Å²) in [5.41, 5.74) is 7.86. The Morgan fingerprint density at radius 3 is 2.64 bits per heavy atom. The first-order valence-electron chi connectivity index (χ1n) is 7.56. The molecule has 1 atom stereocenters. The third-order valence-corrected chi connectivity index (χ3v) is 3.71. The number of nitrogen functional groups attached to an aromatic ring is 1. The van der Waals surface area contributed by atoms with E-state index in [-0.39, 0.29) is 6.10 Å². The summed E-state index contributed by atoms with van der Waals surface area (Å²) in [6, 6.07) is 10.1. The highest BCUT2D eigenvalue weighted by Gasteiger charge is 2.16. The number of rotatable bonds is 6. The van der Waals surface area contributed by atoms with Crippen molar-refractivity contribution in [2.75, 3.05) is 29.5 Å². The smallest absolute Gasteiger partial charge is 0.155 e. The molecule has 3 rings (SSSR count). The molecular formula is C16H21N5O. The van der Waals surface area contributed by atoms with Crippen LogP contribution in [0.25, 0.3) is 0 Å². The second-order valence-electron chi connectivity index (χ2n) is 5.34. The van der Waals surface area contributed by atoms with Gasteiger partial charge in [0, 0.05) is 19.7 Å². The lowest BCUT2D eigenvalue weighted by molar-refractivity contribution is 0.120. The van der Waals surface area contributed by atoms with Crippen molar-refractivity contribution in [2.24, 2.45) is 0 Å². The van der Waals surface area contributed by atoms with E-state index in [9.17, 15) is 0 Å². The van der Waals surface area contributed by atoms with E-state index in [0.717, 1.165) is 26.0 Å². The fraction of sp³-hybridized carbons (Fsp3) is 0.375. The lowest BCUT2D eigenvalue weighted by Crippen LogP contribution is -2.20. The summed E-state index contributed by atoms with van der Waals surface area (Å²) < 4.78 is 5.59. The molecular weight excluding hydrogens is 278 g/mol. The molecule has 1 fully saturated rings. The molecule has 1 saturated heterocycles. The molecule has 1 aliphatic rings. The van der Waals surface area contributed by atoms with Crippen molar-refractivity contribution in [3.8, 4) is 0 Å². The van der Waals surface area contributed by atoms with E-state index in [4.69, 9.17) is 10.5 Å². The summed E-state index contributed by atoms with van der Waals surface area (Å²) in [5, 5.41) is 6.50. The van der Waals surface area contributed by atoms with Gasteiger partial charge in [0.05, 0.1) is 6.10 Å². The van der Waals surface area contributed by atoms with Crippen molar-refractivity contribution in [2.45, 2.75) is 25.5 Å². The van der Waals surface area contributed by atoms with Crippen molar-refractivity contribution in [1.29, 1.82) is 0 Å². The van der Waals surface area contributed by atoms with Crippen LogP contribution in [0.15, 0.2) is 36.7 Å². The normalized spacial score (nSPS) is 17.4. The van der Waals surface area contributed by atoms with Crippen LogP contribution >= 0.6 is 0 Å². The van der Waals surface area contributed by atoms with Gasteiger partial charge >= 0.3 is 0 Å². The molecule has 1 aromatic carbocycles. The average molecular weight is 299 g/mol. The molecule has 116 valence electrons. The summed E-state index contributed by atoms with van der Waals surface area (Å²) in [6.07, 6.45) is 3.96. The Balaban J connectivity index is 1.61. The summed E-state index contributed by atoms with van der Waals surface area (Å²) in [4.78, 5) is 8.43. The van der Waals surface area contributed by atoms with Gasteiger partial charge in [0.15, 0.2) is 11.6 Å². The minimum Gasteiger partial charge on any atom is -0.393 e. The minimum absolute atomic E-state index is 0.245. The predicted molar refractivity (Wildman–Crippen MR) is 87.7 cm³/mol. The Morgan fingerprint density at radius 1 is 1.14 bits per heavy atom. The molecule has 2 heterocycles. The van der Waals surface area contributed by atoms with Crippen LogP contribution in [0.4, 0.5) is 17.3 Å². The zero-order valence-electron chi connectivity index (χ0n) is 12.5. The summed E-state index contributed by atoms with van der Waals surface area (Å²) in [5.74, 6) is 1.30. The first kappa shape index (κ1) is 14.6. The topological polar surface area (TPSA) is 85.1 Å². The first-order chi connectivity index (χ1) is 10.8. The van der Waals surface area contributed by atoms with Crippen LogP contribution in [0, 0.1) is 0 Å². The van der Waals surface area contributed by atoms with Crippen molar-refractivity contribution in [1.82, 2.24) is 9.97 Å². The summed E-state index contributed by atoms with van der Waals surface area (Å²) >= 11 is 0. The molecule has 2 aromatic rings. The maximum Gasteiger partial charge on any atom is 0.155 e. The van der Waals surface area contributed by atoms with Gasteiger partial charge in [-0.15, -0.1) is 0 Å². The zero-order valence-corrected chi connectivity index (χ0v) is 12.5. The van der Waals surface area contributed by atoms with Crippen LogP contribution in [-0.2, 0) is 11.3 Å². The fourth-order valence-corrected chi connectivity index (χ4v) is 2.47. The maximum absolute atomic E-state index is 6.14. The third kappa shape index (κ3) is 3.65. The van der Waals surface area contributed by atoms with E-state index in [0.29, 0.717) is 23.9 Å². The highest BCUT2D eigenvalue weighted by atomic mass is 16.5. The second-order valence-corrected chi connectivity index (χ2v) is 5.34. The van der Waals surface area contributed by atoms with Crippen LogP contribution in [0.3, 0.4) is 0 Å². The Labute approximate surface area is 130 Å². The number of hydrogen-bond donors (Lipinski definition) is 3. The first-order valence-corrected chi connectivity index (χ1v) is 7.56. The molecule has 1 unspecified atom stereocenters. The number of anilines is 3. The summed E-state index contributed by atoms with van der Waals surface area (Å²) in [7, 11) is 0. The highest BCUT2D eigenvalue weighted by molar-refractivity contribution is 5.74. The molecule has 6 heteroatoms. The molecule has 0 saturated carbocycles. The van der Waals surface area contributed by atoms with Gasteiger partial charge in [-0.25, -0.2) is 9.97 Å². The van der Waals surface area contributed by atoms with Gasteiger partial charge in [0.1, 0.15) is 12.0 Å². The number of ether oxygens (including phenoxy) is 1.